The Bertz CT molecular complexity index is 371. The van der Waals surface area contributed by atoms with Gasteiger partial charge in [-0.2, -0.15) is 5.10 Å². The summed E-state index contributed by atoms with van der Waals surface area (Å²) in [5, 5.41) is 8.90. The summed E-state index contributed by atoms with van der Waals surface area (Å²) < 4.78 is 2.09. The van der Waals surface area contributed by atoms with Gasteiger partial charge in [0.15, 0.2) is 0 Å². The Balaban J connectivity index is 2.74. The fraction of sp³-hybridized carbons (Fsp3) is 0.786. The lowest BCUT2D eigenvalue weighted by molar-refractivity contribution is 0.378. The summed E-state index contributed by atoms with van der Waals surface area (Å²) in [6, 6.07) is 0.403. The first-order chi connectivity index (χ1) is 8.47. The zero-order valence-electron chi connectivity index (χ0n) is 12.3. The molecule has 104 valence electrons. The van der Waals surface area contributed by atoms with Crippen LogP contribution in [0, 0.1) is 19.8 Å². The average Bonchev–Trinajstić information content (AvgIpc) is 2.55. The molecule has 0 aliphatic carbocycles. The Morgan fingerprint density at radius 1 is 1.28 bits per heavy atom. The summed E-state index contributed by atoms with van der Waals surface area (Å²) in [5.41, 5.74) is 2.01. The molecule has 18 heavy (non-hydrogen) atoms. The van der Waals surface area contributed by atoms with Crippen molar-refractivity contribution < 1.29 is 0 Å². The minimum atomic E-state index is 0.403. The van der Waals surface area contributed by atoms with Gasteiger partial charge in [0.05, 0.1) is 22.5 Å². The van der Waals surface area contributed by atoms with Crippen molar-refractivity contribution in [3.05, 3.63) is 16.4 Å². The van der Waals surface area contributed by atoms with Crippen LogP contribution in [0.1, 0.15) is 51.0 Å². The van der Waals surface area contributed by atoms with E-state index in [1.165, 1.54) is 0 Å². The molecule has 0 aliphatic heterocycles. The highest BCUT2D eigenvalue weighted by Gasteiger charge is 2.17. The Hall–Kier alpha value is -0.540. The highest BCUT2D eigenvalue weighted by molar-refractivity contribution is 6.31. The first kappa shape index (κ1) is 15.5. The first-order valence-electron chi connectivity index (χ1n) is 6.89. The maximum atomic E-state index is 6.22. The molecule has 0 bridgehead atoms. The summed E-state index contributed by atoms with van der Waals surface area (Å²) >= 11 is 6.22. The minimum absolute atomic E-state index is 0.403. The highest BCUT2D eigenvalue weighted by atomic mass is 35.5. The summed E-state index contributed by atoms with van der Waals surface area (Å²) in [6.45, 7) is 12.7. The van der Waals surface area contributed by atoms with Crippen LogP contribution in [0.5, 0.6) is 0 Å². The molecule has 1 heterocycles. The molecule has 0 saturated carbocycles. The predicted molar refractivity (Wildman–Crippen MR) is 78.4 cm³/mol. The van der Waals surface area contributed by atoms with E-state index in [0.717, 1.165) is 42.3 Å². The van der Waals surface area contributed by atoms with Crippen molar-refractivity contribution in [1.82, 2.24) is 15.1 Å². The Kier molecular flexibility index (Phi) is 6.16. The fourth-order valence-electron chi connectivity index (χ4n) is 2.18. The molecular weight excluding hydrogens is 246 g/mol. The fourth-order valence-corrected chi connectivity index (χ4v) is 2.31. The molecule has 0 fully saturated rings. The number of halogens is 1. The molecule has 0 aromatic carbocycles. The zero-order valence-corrected chi connectivity index (χ0v) is 13.0. The largest absolute Gasteiger partial charge is 0.314 e. The normalized spacial score (nSPS) is 13.3. The number of aromatic nitrogens is 2. The molecule has 0 radical (unpaired) electrons. The van der Waals surface area contributed by atoms with Gasteiger partial charge in [-0.05, 0) is 32.7 Å². The number of nitrogens with one attached hydrogen (secondary N) is 1. The summed E-state index contributed by atoms with van der Waals surface area (Å²) in [6.07, 6.45) is 2.29. The van der Waals surface area contributed by atoms with Gasteiger partial charge in [-0.1, -0.05) is 38.8 Å². The smallest absolute Gasteiger partial charge is 0.0844 e. The number of nitrogens with zero attached hydrogens (tertiary/aromatic N) is 2. The third-order valence-corrected chi connectivity index (χ3v) is 3.68. The van der Waals surface area contributed by atoms with Gasteiger partial charge in [-0.3, -0.25) is 4.68 Å². The maximum absolute atomic E-state index is 6.22. The van der Waals surface area contributed by atoms with Crippen molar-refractivity contribution in [2.45, 2.75) is 53.5 Å². The molecule has 0 saturated heterocycles. The first-order valence-corrected chi connectivity index (χ1v) is 7.27. The van der Waals surface area contributed by atoms with Crippen LogP contribution in [0.3, 0.4) is 0 Å². The second-order valence-corrected chi connectivity index (χ2v) is 5.80. The van der Waals surface area contributed by atoms with E-state index < -0.39 is 0 Å². The van der Waals surface area contributed by atoms with Crippen LogP contribution in [0.25, 0.3) is 0 Å². The van der Waals surface area contributed by atoms with Gasteiger partial charge in [0.1, 0.15) is 0 Å². The van der Waals surface area contributed by atoms with Crippen molar-refractivity contribution in [3.63, 3.8) is 0 Å². The molecule has 0 aliphatic rings. The average molecular weight is 272 g/mol. The summed E-state index contributed by atoms with van der Waals surface area (Å²) in [5.74, 6) is 0.677. The second-order valence-electron chi connectivity index (χ2n) is 5.42. The van der Waals surface area contributed by atoms with Crippen LogP contribution < -0.4 is 5.32 Å². The molecule has 1 unspecified atom stereocenters. The number of hydrogen-bond donors (Lipinski definition) is 1. The standard InChI is InChI=1S/C14H26ClN3/c1-6-7-13(9-16-8-10(2)3)18-12(5)14(15)11(4)17-18/h10,13,16H,6-9H2,1-5H3. The third kappa shape index (κ3) is 3.99. The Morgan fingerprint density at radius 2 is 1.94 bits per heavy atom. The molecule has 1 N–H and O–H groups in total. The molecule has 0 spiro atoms. The second kappa shape index (κ2) is 7.15. The van der Waals surface area contributed by atoms with E-state index in [0.29, 0.717) is 12.0 Å². The van der Waals surface area contributed by atoms with Crippen molar-refractivity contribution in [2.75, 3.05) is 13.1 Å². The van der Waals surface area contributed by atoms with Crippen LogP contribution >= 0.6 is 11.6 Å². The van der Waals surface area contributed by atoms with Crippen molar-refractivity contribution in [1.29, 1.82) is 0 Å². The molecule has 0 amide bonds. The molecule has 4 heteroatoms. The minimum Gasteiger partial charge on any atom is -0.314 e. The van der Waals surface area contributed by atoms with E-state index in [1.54, 1.807) is 0 Å². The van der Waals surface area contributed by atoms with Gasteiger partial charge < -0.3 is 5.32 Å². The molecule has 1 aromatic heterocycles. The van der Waals surface area contributed by atoms with Crippen LogP contribution in [-0.2, 0) is 0 Å². The van der Waals surface area contributed by atoms with E-state index in [1.807, 2.05) is 13.8 Å². The molecule has 3 nitrogen and oxygen atoms in total. The predicted octanol–water partition coefficient (Wildman–Crippen LogP) is 3.74. The molecule has 1 aromatic rings. The molecule has 1 atom stereocenters. The van der Waals surface area contributed by atoms with Crippen molar-refractivity contribution >= 4 is 11.6 Å². The summed E-state index contributed by atoms with van der Waals surface area (Å²) in [7, 11) is 0. The van der Waals surface area contributed by atoms with E-state index in [9.17, 15) is 0 Å². The molecular formula is C14H26ClN3. The van der Waals surface area contributed by atoms with Gasteiger partial charge in [0.2, 0.25) is 0 Å². The van der Waals surface area contributed by atoms with Crippen LogP contribution in [-0.4, -0.2) is 22.9 Å². The summed E-state index contributed by atoms with van der Waals surface area (Å²) in [4.78, 5) is 0. The number of hydrogen-bond acceptors (Lipinski definition) is 2. The lowest BCUT2D eigenvalue weighted by atomic mass is 10.1. The lowest BCUT2D eigenvalue weighted by Gasteiger charge is -2.20. The van der Waals surface area contributed by atoms with Gasteiger partial charge in [0, 0.05) is 6.54 Å². The monoisotopic (exact) mass is 271 g/mol. The zero-order chi connectivity index (χ0) is 13.7. The third-order valence-electron chi connectivity index (χ3n) is 3.14. The van der Waals surface area contributed by atoms with Gasteiger partial charge in [-0.25, -0.2) is 0 Å². The molecule has 1 rings (SSSR count). The van der Waals surface area contributed by atoms with Crippen molar-refractivity contribution in [3.8, 4) is 0 Å². The van der Waals surface area contributed by atoms with E-state index in [2.05, 4.69) is 35.9 Å². The lowest BCUT2D eigenvalue weighted by Crippen LogP contribution is -2.29. The maximum Gasteiger partial charge on any atom is 0.0844 e. The van der Waals surface area contributed by atoms with Crippen molar-refractivity contribution in [2.24, 2.45) is 5.92 Å². The highest BCUT2D eigenvalue weighted by Crippen LogP contribution is 2.24. The quantitative estimate of drug-likeness (QED) is 0.819. The Morgan fingerprint density at radius 3 is 2.39 bits per heavy atom. The van der Waals surface area contributed by atoms with Gasteiger partial charge in [-0.15, -0.1) is 0 Å². The Labute approximate surface area is 116 Å². The van der Waals surface area contributed by atoms with E-state index >= 15 is 0 Å². The van der Waals surface area contributed by atoms with E-state index in [-0.39, 0.29) is 0 Å². The van der Waals surface area contributed by atoms with E-state index in [4.69, 9.17) is 11.6 Å². The van der Waals surface area contributed by atoms with Gasteiger partial charge >= 0.3 is 0 Å². The SMILES string of the molecule is CCCC(CNCC(C)C)n1nc(C)c(Cl)c1C. The van der Waals surface area contributed by atoms with Crippen LogP contribution in [0.15, 0.2) is 0 Å². The number of aryl methyl sites for hydroxylation is 1. The number of rotatable bonds is 7. The van der Waals surface area contributed by atoms with Gasteiger partial charge in [0.25, 0.3) is 0 Å². The van der Waals surface area contributed by atoms with Crippen LogP contribution in [0.2, 0.25) is 5.02 Å². The van der Waals surface area contributed by atoms with Crippen LogP contribution in [0.4, 0.5) is 0 Å². The topological polar surface area (TPSA) is 29.9 Å².